The number of carbonyl (C=O) groups excluding carboxylic acids is 1. The number of nitrogens with one attached hydrogen (secondary N) is 1. The molecule has 138 valence electrons. The molecule has 3 aromatic rings. The molecule has 0 bridgehead atoms. The molecule has 27 heavy (non-hydrogen) atoms. The molecule has 0 atom stereocenters. The fourth-order valence-corrected chi connectivity index (χ4v) is 3.05. The number of urea groups is 1. The maximum atomic E-state index is 12.3. The van der Waals surface area contributed by atoms with Gasteiger partial charge < -0.3 is 14.7 Å². The van der Waals surface area contributed by atoms with Gasteiger partial charge in [0.1, 0.15) is 0 Å². The maximum absolute atomic E-state index is 12.3. The summed E-state index contributed by atoms with van der Waals surface area (Å²) in [6.07, 6.45) is 0. The van der Waals surface area contributed by atoms with Crippen LogP contribution in [0.15, 0.2) is 65.2 Å². The molecule has 1 aliphatic rings. The molecular formula is C20H21N5O2. The first-order valence-corrected chi connectivity index (χ1v) is 8.99. The normalized spacial score (nSPS) is 14.9. The van der Waals surface area contributed by atoms with Gasteiger partial charge in [0.05, 0.1) is 6.54 Å². The average molecular weight is 363 g/mol. The highest BCUT2D eigenvalue weighted by atomic mass is 16.5. The number of hydrogen-bond donors (Lipinski definition) is 1. The molecular weight excluding hydrogens is 342 g/mol. The molecule has 2 amide bonds. The highest BCUT2D eigenvalue weighted by Crippen LogP contribution is 2.16. The minimum Gasteiger partial charge on any atom is -0.338 e. The average Bonchev–Trinajstić information content (AvgIpc) is 3.18. The molecule has 7 heteroatoms. The van der Waals surface area contributed by atoms with Crippen molar-refractivity contribution < 1.29 is 9.32 Å². The van der Waals surface area contributed by atoms with E-state index in [1.165, 1.54) is 0 Å². The van der Waals surface area contributed by atoms with Crippen molar-refractivity contribution in [2.24, 2.45) is 0 Å². The van der Waals surface area contributed by atoms with Crippen LogP contribution in [-0.4, -0.2) is 52.2 Å². The Balaban J connectivity index is 1.28. The van der Waals surface area contributed by atoms with Crippen molar-refractivity contribution in [1.82, 2.24) is 19.9 Å². The number of carbonyl (C=O) groups is 1. The lowest BCUT2D eigenvalue weighted by Crippen LogP contribution is -2.49. The van der Waals surface area contributed by atoms with Crippen LogP contribution < -0.4 is 5.32 Å². The Bertz CT molecular complexity index is 874. The quantitative estimate of drug-likeness (QED) is 0.771. The Kier molecular flexibility index (Phi) is 5.11. The van der Waals surface area contributed by atoms with Gasteiger partial charge in [0, 0.05) is 37.4 Å². The Morgan fingerprint density at radius 2 is 1.63 bits per heavy atom. The standard InChI is InChI=1S/C20H21N5O2/c26-20(21-17-9-5-2-6-10-17)25-13-11-24(12-14-25)15-18-22-19(23-27-18)16-7-3-1-4-8-16/h1-10H,11-15H2,(H,21,26). The Hall–Kier alpha value is -3.19. The first-order chi connectivity index (χ1) is 13.3. The van der Waals surface area contributed by atoms with Gasteiger partial charge >= 0.3 is 6.03 Å². The van der Waals surface area contributed by atoms with E-state index >= 15 is 0 Å². The number of amides is 2. The van der Waals surface area contributed by atoms with Crippen molar-refractivity contribution in [2.75, 3.05) is 31.5 Å². The van der Waals surface area contributed by atoms with Crippen LogP contribution in [0.1, 0.15) is 5.89 Å². The molecule has 1 aliphatic heterocycles. The van der Waals surface area contributed by atoms with Gasteiger partial charge in [-0.25, -0.2) is 4.79 Å². The van der Waals surface area contributed by atoms with Gasteiger partial charge in [0.2, 0.25) is 11.7 Å². The van der Waals surface area contributed by atoms with E-state index < -0.39 is 0 Å². The van der Waals surface area contributed by atoms with Crippen LogP contribution in [0.25, 0.3) is 11.4 Å². The van der Waals surface area contributed by atoms with E-state index in [-0.39, 0.29) is 6.03 Å². The van der Waals surface area contributed by atoms with Crippen molar-refractivity contribution >= 4 is 11.7 Å². The second-order valence-corrected chi connectivity index (χ2v) is 6.44. The van der Waals surface area contributed by atoms with Crippen LogP contribution in [-0.2, 0) is 6.54 Å². The molecule has 1 aromatic heterocycles. The largest absolute Gasteiger partial charge is 0.338 e. The van der Waals surface area contributed by atoms with Crippen molar-refractivity contribution in [1.29, 1.82) is 0 Å². The van der Waals surface area contributed by atoms with Crippen LogP contribution in [0.4, 0.5) is 10.5 Å². The van der Waals surface area contributed by atoms with Gasteiger partial charge in [0.25, 0.3) is 0 Å². The SMILES string of the molecule is O=C(Nc1ccccc1)N1CCN(Cc2nc(-c3ccccc3)no2)CC1. The summed E-state index contributed by atoms with van der Waals surface area (Å²) >= 11 is 0. The van der Waals surface area contributed by atoms with Crippen LogP contribution >= 0.6 is 0 Å². The summed E-state index contributed by atoms with van der Waals surface area (Å²) < 4.78 is 5.38. The van der Waals surface area contributed by atoms with Crippen LogP contribution in [0.3, 0.4) is 0 Å². The van der Waals surface area contributed by atoms with E-state index in [0.29, 0.717) is 31.3 Å². The van der Waals surface area contributed by atoms with E-state index in [2.05, 4.69) is 20.4 Å². The molecule has 1 fully saturated rings. The maximum Gasteiger partial charge on any atom is 0.321 e. The van der Waals surface area contributed by atoms with Crippen molar-refractivity contribution in [3.8, 4) is 11.4 Å². The van der Waals surface area contributed by atoms with Gasteiger partial charge in [-0.05, 0) is 12.1 Å². The molecule has 2 aromatic carbocycles. The van der Waals surface area contributed by atoms with Crippen molar-refractivity contribution in [3.05, 3.63) is 66.6 Å². The number of hydrogen-bond acceptors (Lipinski definition) is 5. The fourth-order valence-electron chi connectivity index (χ4n) is 3.05. The number of nitrogens with zero attached hydrogens (tertiary/aromatic N) is 4. The Morgan fingerprint density at radius 1 is 0.963 bits per heavy atom. The van der Waals surface area contributed by atoms with Crippen LogP contribution in [0.2, 0.25) is 0 Å². The smallest absolute Gasteiger partial charge is 0.321 e. The summed E-state index contributed by atoms with van der Waals surface area (Å²) in [6, 6.07) is 19.2. The predicted octanol–water partition coefficient (Wildman–Crippen LogP) is 3.09. The Morgan fingerprint density at radius 3 is 2.33 bits per heavy atom. The predicted molar refractivity (Wildman–Crippen MR) is 102 cm³/mol. The van der Waals surface area contributed by atoms with Crippen LogP contribution in [0.5, 0.6) is 0 Å². The van der Waals surface area contributed by atoms with Crippen LogP contribution in [0, 0.1) is 0 Å². The monoisotopic (exact) mass is 363 g/mol. The summed E-state index contributed by atoms with van der Waals surface area (Å²) in [7, 11) is 0. The van der Waals surface area contributed by atoms with E-state index in [4.69, 9.17) is 4.52 Å². The molecule has 0 aliphatic carbocycles. The lowest BCUT2D eigenvalue weighted by molar-refractivity contribution is 0.133. The lowest BCUT2D eigenvalue weighted by atomic mass is 10.2. The third-order valence-electron chi connectivity index (χ3n) is 4.54. The topological polar surface area (TPSA) is 74.5 Å². The van der Waals surface area contributed by atoms with Gasteiger partial charge in [0.15, 0.2) is 0 Å². The third kappa shape index (κ3) is 4.32. The van der Waals surface area contributed by atoms with Crippen molar-refractivity contribution in [2.45, 2.75) is 6.54 Å². The Labute approximate surface area is 157 Å². The second kappa shape index (κ2) is 8.01. The third-order valence-corrected chi connectivity index (χ3v) is 4.54. The summed E-state index contributed by atoms with van der Waals surface area (Å²) in [5.74, 6) is 1.20. The molecule has 0 spiro atoms. The molecule has 4 rings (SSSR count). The highest BCUT2D eigenvalue weighted by Gasteiger charge is 2.22. The molecule has 0 unspecified atom stereocenters. The zero-order valence-corrected chi connectivity index (χ0v) is 14.9. The van der Waals surface area contributed by atoms with Gasteiger partial charge in [-0.2, -0.15) is 4.98 Å². The summed E-state index contributed by atoms with van der Waals surface area (Å²) in [4.78, 5) is 20.9. The number of piperazine rings is 1. The summed E-state index contributed by atoms with van der Waals surface area (Å²) in [5, 5.41) is 6.98. The highest BCUT2D eigenvalue weighted by molar-refractivity contribution is 5.89. The van der Waals surface area contributed by atoms with Crippen molar-refractivity contribution in [3.63, 3.8) is 0 Å². The van der Waals surface area contributed by atoms with E-state index in [0.717, 1.165) is 24.3 Å². The van der Waals surface area contributed by atoms with E-state index in [1.807, 2.05) is 65.6 Å². The van der Waals surface area contributed by atoms with Gasteiger partial charge in [-0.3, -0.25) is 4.90 Å². The lowest BCUT2D eigenvalue weighted by Gasteiger charge is -2.33. The summed E-state index contributed by atoms with van der Waals surface area (Å²) in [5.41, 5.74) is 1.75. The molecule has 0 saturated carbocycles. The van der Waals surface area contributed by atoms with E-state index in [9.17, 15) is 4.79 Å². The number of anilines is 1. The second-order valence-electron chi connectivity index (χ2n) is 6.44. The first kappa shape index (κ1) is 17.2. The van der Waals surface area contributed by atoms with Gasteiger partial charge in [-0.15, -0.1) is 0 Å². The fraction of sp³-hybridized carbons (Fsp3) is 0.250. The molecule has 7 nitrogen and oxygen atoms in total. The zero-order chi connectivity index (χ0) is 18.5. The van der Waals surface area contributed by atoms with Gasteiger partial charge in [-0.1, -0.05) is 53.7 Å². The first-order valence-electron chi connectivity index (χ1n) is 8.99. The minimum absolute atomic E-state index is 0.0648. The number of aromatic nitrogens is 2. The number of para-hydroxylation sites is 1. The molecule has 2 heterocycles. The minimum atomic E-state index is -0.0648. The molecule has 1 saturated heterocycles. The number of rotatable bonds is 4. The molecule has 1 N–H and O–H groups in total. The number of benzene rings is 2. The molecule has 0 radical (unpaired) electrons. The summed E-state index contributed by atoms with van der Waals surface area (Å²) in [6.45, 7) is 3.46. The van der Waals surface area contributed by atoms with E-state index in [1.54, 1.807) is 0 Å². The zero-order valence-electron chi connectivity index (χ0n) is 14.9.